The van der Waals surface area contributed by atoms with Crippen LogP contribution in [0.2, 0.25) is 5.02 Å². The van der Waals surface area contributed by atoms with Gasteiger partial charge in [-0.25, -0.2) is 0 Å². The minimum absolute atomic E-state index is 0.161. The van der Waals surface area contributed by atoms with Crippen LogP contribution in [0.3, 0.4) is 0 Å². The Bertz CT molecular complexity index is 547. The van der Waals surface area contributed by atoms with E-state index in [1.54, 1.807) is 0 Å². The molecule has 0 saturated carbocycles. The van der Waals surface area contributed by atoms with Gasteiger partial charge in [0.2, 0.25) is 0 Å². The van der Waals surface area contributed by atoms with E-state index < -0.39 is 0 Å². The fourth-order valence-electron chi connectivity index (χ4n) is 2.35. The lowest BCUT2D eigenvalue weighted by Gasteiger charge is -2.24. The lowest BCUT2D eigenvalue weighted by molar-refractivity contribution is 0.0277. The Morgan fingerprint density at radius 2 is 1.84 bits per heavy atom. The molecule has 0 amide bonds. The van der Waals surface area contributed by atoms with Gasteiger partial charge < -0.3 is 10.1 Å². The van der Waals surface area contributed by atoms with Gasteiger partial charge in [-0.1, -0.05) is 54.1 Å². The quantitative estimate of drug-likeness (QED) is 0.901. The minimum atomic E-state index is 0.161. The first-order valence-electron chi connectivity index (χ1n) is 6.52. The molecule has 2 aromatic carbocycles. The maximum atomic E-state index is 6.21. The molecule has 1 saturated heterocycles. The van der Waals surface area contributed by atoms with Gasteiger partial charge in [0.15, 0.2) is 0 Å². The summed E-state index contributed by atoms with van der Waals surface area (Å²) in [5.74, 6) is 0. The van der Waals surface area contributed by atoms with Gasteiger partial charge >= 0.3 is 0 Å². The molecule has 19 heavy (non-hydrogen) atoms. The van der Waals surface area contributed by atoms with Gasteiger partial charge in [0, 0.05) is 23.7 Å². The Kier molecular flexibility index (Phi) is 3.83. The van der Waals surface area contributed by atoms with Crippen molar-refractivity contribution in [1.82, 2.24) is 5.32 Å². The second-order valence-electron chi connectivity index (χ2n) is 4.67. The van der Waals surface area contributed by atoms with Crippen LogP contribution in [-0.4, -0.2) is 19.7 Å². The van der Waals surface area contributed by atoms with E-state index in [0.717, 1.165) is 35.8 Å². The number of rotatable bonds is 2. The zero-order valence-electron chi connectivity index (χ0n) is 10.6. The van der Waals surface area contributed by atoms with Crippen LogP contribution in [0.1, 0.15) is 11.7 Å². The summed E-state index contributed by atoms with van der Waals surface area (Å²) in [7, 11) is 0. The minimum Gasteiger partial charge on any atom is -0.371 e. The van der Waals surface area contributed by atoms with Gasteiger partial charge in [-0.2, -0.15) is 0 Å². The third-order valence-corrected chi connectivity index (χ3v) is 3.72. The molecule has 3 heteroatoms. The monoisotopic (exact) mass is 273 g/mol. The van der Waals surface area contributed by atoms with E-state index in [-0.39, 0.29) is 6.10 Å². The number of morpholine rings is 1. The molecule has 1 atom stereocenters. The van der Waals surface area contributed by atoms with Crippen molar-refractivity contribution in [2.75, 3.05) is 19.7 Å². The maximum absolute atomic E-state index is 6.21. The Morgan fingerprint density at radius 1 is 1.05 bits per heavy atom. The molecule has 0 aromatic heterocycles. The molecule has 0 bridgehead atoms. The third-order valence-electron chi connectivity index (χ3n) is 3.39. The summed E-state index contributed by atoms with van der Waals surface area (Å²) in [5, 5.41) is 4.13. The van der Waals surface area contributed by atoms with E-state index in [4.69, 9.17) is 16.3 Å². The molecule has 1 aliphatic rings. The topological polar surface area (TPSA) is 21.3 Å². The SMILES string of the molecule is Clc1ccccc1-c1ccc(C2CNCCO2)cc1. The second kappa shape index (κ2) is 5.74. The van der Waals surface area contributed by atoms with E-state index in [2.05, 4.69) is 29.6 Å². The van der Waals surface area contributed by atoms with Gasteiger partial charge in [-0.05, 0) is 17.2 Å². The smallest absolute Gasteiger partial charge is 0.0949 e. The number of nitrogens with one attached hydrogen (secondary N) is 1. The molecule has 98 valence electrons. The summed E-state index contributed by atoms with van der Waals surface area (Å²) >= 11 is 6.21. The van der Waals surface area contributed by atoms with E-state index in [1.807, 2.05) is 24.3 Å². The number of benzene rings is 2. The predicted octanol–water partition coefficient (Wildman–Crippen LogP) is 3.67. The van der Waals surface area contributed by atoms with Crippen LogP contribution >= 0.6 is 11.6 Å². The fraction of sp³-hybridized carbons (Fsp3) is 0.250. The lowest BCUT2D eigenvalue weighted by atomic mass is 10.0. The van der Waals surface area contributed by atoms with E-state index in [1.165, 1.54) is 5.56 Å². The van der Waals surface area contributed by atoms with Crippen molar-refractivity contribution in [2.24, 2.45) is 0 Å². The van der Waals surface area contributed by atoms with Crippen LogP contribution in [0.15, 0.2) is 48.5 Å². The molecule has 3 rings (SSSR count). The van der Waals surface area contributed by atoms with Gasteiger partial charge in [-0.3, -0.25) is 0 Å². The maximum Gasteiger partial charge on any atom is 0.0949 e. The summed E-state index contributed by atoms with van der Waals surface area (Å²) in [6.07, 6.45) is 0.161. The molecule has 1 unspecified atom stereocenters. The molecular formula is C16H16ClNO. The van der Waals surface area contributed by atoms with Gasteiger partial charge in [0.1, 0.15) is 0 Å². The molecule has 1 N–H and O–H groups in total. The Balaban J connectivity index is 1.84. The number of hydrogen-bond donors (Lipinski definition) is 1. The van der Waals surface area contributed by atoms with Crippen molar-refractivity contribution in [3.63, 3.8) is 0 Å². The number of ether oxygens (including phenoxy) is 1. The van der Waals surface area contributed by atoms with Crippen molar-refractivity contribution in [2.45, 2.75) is 6.10 Å². The third kappa shape index (κ3) is 2.81. The second-order valence-corrected chi connectivity index (χ2v) is 5.07. The number of halogens is 1. The summed E-state index contributed by atoms with van der Waals surface area (Å²) in [6, 6.07) is 16.4. The van der Waals surface area contributed by atoms with Crippen molar-refractivity contribution >= 4 is 11.6 Å². The van der Waals surface area contributed by atoms with Crippen molar-refractivity contribution < 1.29 is 4.74 Å². The summed E-state index contributed by atoms with van der Waals surface area (Å²) < 4.78 is 5.74. The fourth-order valence-corrected chi connectivity index (χ4v) is 2.60. The molecule has 0 radical (unpaired) electrons. The molecule has 0 aliphatic carbocycles. The zero-order chi connectivity index (χ0) is 13.1. The van der Waals surface area contributed by atoms with E-state index in [0.29, 0.717) is 0 Å². The lowest BCUT2D eigenvalue weighted by Crippen LogP contribution is -2.33. The van der Waals surface area contributed by atoms with E-state index in [9.17, 15) is 0 Å². The Morgan fingerprint density at radius 3 is 2.53 bits per heavy atom. The Hall–Kier alpha value is -1.35. The molecule has 2 nitrogen and oxygen atoms in total. The zero-order valence-corrected chi connectivity index (χ0v) is 11.4. The number of hydrogen-bond acceptors (Lipinski definition) is 2. The van der Waals surface area contributed by atoms with Gasteiger partial charge in [0.05, 0.1) is 12.7 Å². The predicted molar refractivity (Wildman–Crippen MR) is 78.5 cm³/mol. The van der Waals surface area contributed by atoms with Crippen molar-refractivity contribution in [3.8, 4) is 11.1 Å². The summed E-state index contributed by atoms with van der Waals surface area (Å²) in [6.45, 7) is 2.59. The summed E-state index contributed by atoms with van der Waals surface area (Å²) in [4.78, 5) is 0. The molecule has 1 fully saturated rings. The standard InChI is InChI=1S/C16H16ClNO/c17-15-4-2-1-3-14(15)12-5-7-13(8-6-12)16-11-18-9-10-19-16/h1-8,16,18H,9-11H2. The summed E-state index contributed by atoms with van der Waals surface area (Å²) in [5.41, 5.74) is 3.42. The van der Waals surface area contributed by atoms with Crippen LogP contribution in [0.5, 0.6) is 0 Å². The largest absolute Gasteiger partial charge is 0.371 e. The molecule has 1 heterocycles. The van der Waals surface area contributed by atoms with Crippen LogP contribution < -0.4 is 5.32 Å². The van der Waals surface area contributed by atoms with Crippen molar-refractivity contribution in [1.29, 1.82) is 0 Å². The normalized spacial score (nSPS) is 19.3. The average molecular weight is 274 g/mol. The first kappa shape index (κ1) is 12.7. The molecule has 1 aliphatic heterocycles. The Labute approximate surface area is 118 Å². The van der Waals surface area contributed by atoms with Gasteiger partial charge in [-0.15, -0.1) is 0 Å². The molecular weight excluding hydrogens is 258 g/mol. The first-order chi connectivity index (χ1) is 9.34. The first-order valence-corrected chi connectivity index (χ1v) is 6.89. The highest BCUT2D eigenvalue weighted by Gasteiger charge is 2.15. The molecule has 0 spiro atoms. The van der Waals surface area contributed by atoms with Gasteiger partial charge in [0.25, 0.3) is 0 Å². The highest BCUT2D eigenvalue weighted by atomic mass is 35.5. The van der Waals surface area contributed by atoms with Crippen LogP contribution in [-0.2, 0) is 4.74 Å². The van der Waals surface area contributed by atoms with Crippen LogP contribution in [0.4, 0.5) is 0 Å². The molecule has 2 aromatic rings. The van der Waals surface area contributed by atoms with Crippen molar-refractivity contribution in [3.05, 3.63) is 59.1 Å². The highest BCUT2D eigenvalue weighted by Crippen LogP contribution is 2.29. The average Bonchev–Trinajstić information content (AvgIpc) is 2.49. The highest BCUT2D eigenvalue weighted by molar-refractivity contribution is 6.33. The van der Waals surface area contributed by atoms with E-state index >= 15 is 0 Å². The van der Waals surface area contributed by atoms with Crippen LogP contribution in [0, 0.1) is 0 Å². The van der Waals surface area contributed by atoms with Crippen LogP contribution in [0.25, 0.3) is 11.1 Å².